The van der Waals surface area contributed by atoms with E-state index in [0.29, 0.717) is 31.2 Å². The number of likely N-dealkylation sites (tertiary alicyclic amines) is 1. The smallest absolute Gasteiger partial charge is 0.243 e. The minimum atomic E-state index is -3.48. The molecule has 0 aliphatic carbocycles. The summed E-state index contributed by atoms with van der Waals surface area (Å²) in [5, 5.41) is 1.16. The fraction of sp³-hybridized carbons (Fsp3) is 0.435. The average Bonchev–Trinajstić information content (AvgIpc) is 3.24. The van der Waals surface area contributed by atoms with Gasteiger partial charge in [0.15, 0.2) is 0 Å². The lowest BCUT2D eigenvalue weighted by molar-refractivity contribution is 0.0730. The molecule has 31 heavy (non-hydrogen) atoms. The molecule has 8 heteroatoms. The molecule has 0 unspecified atom stereocenters. The van der Waals surface area contributed by atoms with Crippen molar-refractivity contribution in [3.8, 4) is 0 Å². The predicted molar refractivity (Wildman–Crippen MR) is 123 cm³/mol. The zero-order chi connectivity index (χ0) is 21.3. The Hall–Kier alpha value is -1.84. The number of piperidine rings is 1. The van der Waals surface area contributed by atoms with E-state index in [-0.39, 0.29) is 6.04 Å². The van der Waals surface area contributed by atoms with E-state index in [2.05, 4.69) is 23.1 Å². The van der Waals surface area contributed by atoms with Gasteiger partial charge in [0, 0.05) is 19.6 Å². The number of morpholine rings is 1. The molecule has 1 aromatic heterocycles. The largest absolute Gasteiger partial charge is 0.379 e. The Kier molecular flexibility index (Phi) is 6.08. The van der Waals surface area contributed by atoms with Crippen LogP contribution in [0.25, 0.3) is 10.2 Å². The number of benzene rings is 2. The van der Waals surface area contributed by atoms with E-state index < -0.39 is 10.0 Å². The first-order valence-corrected chi connectivity index (χ1v) is 13.1. The number of hydrogen-bond acceptors (Lipinski definition) is 6. The third kappa shape index (κ3) is 4.40. The van der Waals surface area contributed by atoms with Crippen LogP contribution in [0.3, 0.4) is 0 Å². The summed E-state index contributed by atoms with van der Waals surface area (Å²) in [5.74, 6) is 0. The third-order valence-corrected chi connectivity index (χ3v) is 9.13. The zero-order valence-electron chi connectivity index (χ0n) is 17.4. The quantitative estimate of drug-likeness (QED) is 0.579. The topological polar surface area (TPSA) is 62.7 Å². The van der Waals surface area contributed by atoms with Crippen molar-refractivity contribution in [2.45, 2.75) is 36.7 Å². The molecular weight excluding hydrogens is 430 g/mol. The van der Waals surface area contributed by atoms with Crippen molar-refractivity contribution in [2.24, 2.45) is 0 Å². The molecule has 0 saturated carbocycles. The summed E-state index contributed by atoms with van der Waals surface area (Å²) >= 11 is 1.78. The maximum absolute atomic E-state index is 13.1. The summed E-state index contributed by atoms with van der Waals surface area (Å²) in [6.07, 6.45) is 3.45. The molecule has 3 aromatic rings. The van der Waals surface area contributed by atoms with Crippen LogP contribution in [0, 0.1) is 0 Å². The van der Waals surface area contributed by atoms with E-state index in [0.717, 1.165) is 42.0 Å². The molecule has 0 N–H and O–H groups in total. The van der Waals surface area contributed by atoms with Crippen LogP contribution < -0.4 is 0 Å². The minimum Gasteiger partial charge on any atom is -0.379 e. The number of ether oxygens (including phenoxy) is 1. The SMILES string of the molecule is O=S(=O)(c1cccc(CN2CCCC[C@H]2c2nc3ccccc3s2)c1)N1CCOCC1. The first kappa shape index (κ1) is 21.0. The van der Waals surface area contributed by atoms with E-state index in [1.54, 1.807) is 17.4 Å². The van der Waals surface area contributed by atoms with Crippen LogP contribution in [0.15, 0.2) is 53.4 Å². The van der Waals surface area contributed by atoms with Crippen molar-refractivity contribution in [1.82, 2.24) is 14.2 Å². The lowest BCUT2D eigenvalue weighted by Gasteiger charge is -2.34. The van der Waals surface area contributed by atoms with Crippen LogP contribution in [-0.2, 0) is 21.3 Å². The minimum absolute atomic E-state index is 0.283. The molecule has 0 radical (unpaired) electrons. The molecule has 2 fully saturated rings. The van der Waals surface area contributed by atoms with E-state index >= 15 is 0 Å². The molecule has 2 saturated heterocycles. The van der Waals surface area contributed by atoms with Gasteiger partial charge in [-0.25, -0.2) is 13.4 Å². The van der Waals surface area contributed by atoms with Crippen LogP contribution in [0.1, 0.15) is 35.9 Å². The summed E-state index contributed by atoms with van der Waals surface area (Å²) in [7, 11) is -3.48. The van der Waals surface area contributed by atoms with Gasteiger partial charge in [-0.1, -0.05) is 30.7 Å². The van der Waals surface area contributed by atoms with Crippen LogP contribution in [0.4, 0.5) is 0 Å². The lowest BCUT2D eigenvalue weighted by Crippen LogP contribution is -2.40. The highest BCUT2D eigenvalue weighted by atomic mass is 32.2. The second-order valence-corrected chi connectivity index (χ2v) is 11.2. The number of aromatic nitrogens is 1. The maximum atomic E-state index is 13.1. The van der Waals surface area contributed by atoms with Gasteiger partial charge in [-0.3, -0.25) is 4.90 Å². The Bertz CT molecular complexity index is 1120. The van der Waals surface area contributed by atoms with E-state index in [1.165, 1.54) is 15.4 Å². The molecule has 0 bridgehead atoms. The van der Waals surface area contributed by atoms with Gasteiger partial charge < -0.3 is 4.74 Å². The Morgan fingerprint density at radius 3 is 2.71 bits per heavy atom. The molecule has 5 rings (SSSR count). The van der Waals surface area contributed by atoms with Crippen LogP contribution in [0.2, 0.25) is 0 Å². The van der Waals surface area contributed by atoms with Crippen molar-refractivity contribution < 1.29 is 13.2 Å². The molecule has 3 heterocycles. The molecule has 6 nitrogen and oxygen atoms in total. The molecule has 2 aliphatic heterocycles. The Morgan fingerprint density at radius 1 is 1.03 bits per heavy atom. The zero-order valence-corrected chi connectivity index (χ0v) is 19.1. The maximum Gasteiger partial charge on any atom is 0.243 e. The van der Waals surface area contributed by atoms with Crippen molar-refractivity contribution in [2.75, 3.05) is 32.8 Å². The first-order chi connectivity index (χ1) is 15.1. The highest BCUT2D eigenvalue weighted by molar-refractivity contribution is 7.89. The summed E-state index contributed by atoms with van der Waals surface area (Å²) in [6, 6.07) is 16.0. The summed E-state index contributed by atoms with van der Waals surface area (Å²) in [4.78, 5) is 7.74. The normalized spacial score (nSPS) is 21.5. The van der Waals surface area contributed by atoms with Crippen LogP contribution in [0.5, 0.6) is 0 Å². The van der Waals surface area contributed by atoms with Gasteiger partial charge in [-0.05, 0) is 49.2 Å². The summed E-state index contributed by atoms with van der Waals surface area (Å²) < 4.78 is 34.2. The van der Waals surface area contributed by atoms with Gasteiger partial charge >= 0.3 is 0 Å². The Morgan fingerprint density at radius 2 is 1.87 bits per heavy atom. The molecule has 2 aromatic carbocycles. The van der Waals surface area contributed by atoms with Gasteiger partial charge in [0.2, 0.25) is 10.0 Å². The Balaban J connectivity index is 1.38. The van der Waals surface area contributed by atoms with Gasteiger partial charge in [0.1, 0.15) is 5.01 Å². The number of fused-ring (bicyclic) bond motifs is 1. The van der Waals surface area contributed by atoms with Gasteiger partial charge in [0.05, 0.1) is 34.4 Å². The third-order valence-electron chi connectivity index (χ3n) is 6.10. The van der Waals surface area contributed by atoms with E-state index in [9.17, 15) is 8.42 Å². The highest BCUT2D eigenvalue weighted by Gasteiger charge is 2.29. The number of nitrogens with zero attached hydrogens (tertiary/aromatic N) is 3. The number of rotatable bonds is 5. The molecule has 0 amide bonds. The predicted octanol–water partition coefficient (Wildman–Crippen LogP) is 4.04. The number of hydrogen-bond donors (Lipinski definition) is 0. The second kappa shape index (κ2) is 8.96. The first-order valence-electron chi connectivity index (χ1n) is 10.9. The lowest BCUT2D eigenvalue weighted by atomic mass is 10.0. The molecule has 164 valence electrons. The van der Waals surface area contributed by atoms with Gasteiger partial charge in [-0.2, -0.15) is 4.31 Å². The molecule has 2 aliphatic rings. The average molecular weight is 458 g/mol. The fourth-order valence-corrected chi connectivity index (χ4v) is 7.08. The standard InChI is InChI=1S/C23H27N3O3S2/c27-31(28,26-12-14-29-15-13-26)19-7-5-6-18(16-19)17-25-11-4-3-9-21(25)23-24-20-8-1-2-10-22(20)30-23/h1-2,5-8,10,16,21H,3-4,9,11-15,17H2/t21-/m0/s1. The van der Waals surface area contributed by atoms with Crippen molar-refractivity contribution in [3.05, 3.63) is 59.1 Å². The van der Waals surface area contributed by atoms with Gasteiger partial charge in [0.25, 0.3) is 0 Å². The van der Waals surface area contributed by atoms with Crippen molar-refractivity contribution >= 4 is 31.6 Å². The fourth-order valence-electron chi connectivity index (χ4n) is 4.47. The Labute approximate surface area is 187 Å². The highest BCUT2D eigenvalue weighted by Crippen LogP contribution is 2.36. The van der Waals surface area contributed by atoms with Crippen LogP contribution >= 0.6 is 11.3 Å². The van der Waals surface area contributed by atoms with E-state index in [1.807, 2.05) is 24.3 Å². The second-order valence-electron chi connectivity index (χ2n) is 8.17. The van der Waals surface area contributed by atoms with Crippen molar-refractivity contribution in [3.63, 3.8) is 0 Å². The monoisotopic (exact) mass is 457 g/mol. The van der Waals surface area contributed by atoms with Gasteiger partial charge in [-0.15, -0.1) is 11.3 Å². The number of thiazole rings is 1. The molecule has 0 spiro atoms. The van der Waals surface area contributed by atoms with Crippen molar-refractivity contribution in [1.29, 1.82) is 0 Å². The summed E-state index contributed by atoms with van der Waals surface area (Å²) in [6.45, 7) is 3.47. The molecule has 1 atom stereocenters. The molecular formula is C23H27N3O3S2. The number of sulfonamides is 1. The number of para-hydroxylation sites is 1. The summed E-state index contributed by atoms with van der Waals surface area (Å²) in [5.41, 5.74) is 2.09. The van der Waals surface area contributed by atoms with E-state index in [4.69, 9.17) is 9.72 Å². The van der Waals surface area contributed by atoms with Crippen LogP contribution in [-0.4, -0.2) is 55.5 Å².